The van der Waals surface area contributed by atoms with Crippen LogP contribution in [0.1, 0.15) is 24.6 Å². The number of imidazole rings is 1. The van der Waals surface area contributed by atoms with Gasteiger partial charge in [0, 0.05) is 43.7 Å². The van der Waals surface area contributed by atoms with E-state index in [0.29, 0.717) is 5.82 Å². The molecule has 0 amide bonds. The predicted molar refractivity (Wildman–Crippen MR) is 104 cm³/mol. The van der Waals surface area contributed by atoms with Crippen LogP contribution in [0.3, 0.4) is 0 Å². The summed E-state index contributed by atoms with van der Waals surface area (Å²) in [6.45, 7) is 1.56. The minimum Gasteiger partial charge on any atom is -0.356 e. The molecule has 152 valence electrons. The Labute approximate surface area is 166 Å². The number of sulfonamides is 1. The van der Waals surface area contributed by atoms with Crippen molar-refractivity contribution in [2.75, 3.05) is 22.7 Å². The average Bonchev–Trinajstić information content (AvgIpc) is 3.26. The summed E-state index contributed by atoms with van der Waals surface area (Å²) in [7, 11) is -3.97. The Kier molecular flexibility index (Phi) is 5.18. The van der Waals surface area contributed by atoms with Gasteiger partial charge in [0.1, 0.15) is 16.5 Å². The summed E-state index contributed by atoms with van der Waals surface area (Å²) in [6, 6.07) is 5.89. The average molecular weight is 419 g/mol. The van der Waals surface area contributed by atoms with Crippen LogP contribution in [0.4, 0.5) is 20.3 Å². The van der Waals surface area contributed by atoms with E-state index in [0.717, 1.165) is 50.0 Å². The highest BCUT2D eigenvalue weighted by atomic mass is 32.2. The Morgan fingerprint density at radius 2 is 2.00 bits per heavy atom. The number of pyridine rings is 1. The molecular formula is C19H19F2N5O2S. The number of aromatic nitrogens is 3. The highest BCUT2D eigenvalue weighted by molar-refractivity contribution is 7.92. The molecule has 1 aliphatic rings. The summed E-state index contributed by atoms with van der Waals surface area (Å²) >= 11 is 0. The molecule has 1 aromatic carbocycles. The minimum atomic E-state index is -3.97. The third-order valence-corrected chi connectivity index (χ3v) is 6.22. The second-order valence-corrected chi connectivity index (χ2v) is 8.53. The number of hydrogen-bond acceptors (Lipinski definition) is 5. The molecule has 1 fully saturated rings. The number of benzene rings is 1. The molecule has 1 saturated heterocycles. The Balaban J connectivity index is 1.48. The third kappa shape index (κ3) is 4.21. The van der Waals surface area contributed by atoms with E-state index in [-0.39, 0.29) is 16.5 Å². The Bertz CT molecular complexity index is 1090. The van der Waals surface area contributed by atoms with Crippen LogP contribution in [0.5, 0.6) is 0 Å². The number of halogens is 2. The summed E-state index contributed by atoms with van der Waals surface area (Å²) in [4.78, 5) is 13.8. The number of nitrogens with one attached hydrogen (secondary N) is 2. The third-order valence-electron chi connectivity index (χ3n) is 4.85. The number of rotatable bonds is 5. The van der Waals surface area contributed by atoms with Gasteiger partial charge in [-0.1, -0.05) is 0 Å². The topological polar surface area (TPSA) is 91.0 Å². The maximum absolute atomic E-state index is 13.3. The molecule has 2 N–H and O–H groups in total. The number of nitrogens with zero attached hydrogens (tertiary/aromatic N) is 3. The largest absolute Gasteiger partial charge is 0.356 e. The lowest BCUT2D eigenvalue weighted by atomic mass is 9.97. The zero-order valence-electron chi connectivity index (χ0n) is 15.3. The lowest BCUT2D eigenvalue weighted by Crippen LogP contribution is -2.35. The molecule has 29 heavy (non-hydrogen) atoms. The molecule has 3 heterocycles. The fourth-order valence-corrected chi connectivity index (χ4v) is 4.40. The molecule has 1 atom stereocenters. The van der Waals surface area contributed by atoms with E-state index < -0.39 is 21.7 Å². The summed E-state index contributed by atoms with van der Waals surface area (Å²) < 4.78 is 53.6. The SMILES string of the molecule is O=S(=O)(Nc1ccc(F)c(F)c1)c1ccc(N2CCCC(c3ncc[nH]3)C2)nc1. The van der Waals surface area contributed by atoms with Crippen LogP contribution in [0.25, 0.3) is 0 Å². The molecule has 7 nitrogen and oxygen atoms in total. The van der Waals surface area contributed by atoms with Crippen LogP contribution in [0, 0.1) is 11.6 Å². The lowest BCUT2D eigenvalue weighted by Gasteiger charge is -2.32. The van der Waals surface area contributed by atoms with Crippen molar-refractivity contribution in [2.45, 2.75) is 23.7 Å². The van der Waals surface area contributed by atoms with Gasteiger partial charge in [-0.3, -0.25) is 4.72 Å². The Morgan fingerprint density at radius 1 is 1.14 bits per heavy atom. The Morgan fingerprint density at radius 3 is 2.69 bits per heavy atom. The van der Waals surface area contributed by atoms with Crippen LogP contribution >= 0.6 is 0 Å². The predicted octanol–water partition coefficient (Wildman–Crippen LogP) is 3.27. The molecule has 4 rings (SSSR count). The van der Waals surface area contributed by atoms with Gasteiger partial charge < -0.3 is 9.88 Å². The van der Waals surface area contributed by atoms with Gasteiger partial charge in [-0.15, -0.1) is 0 Å². The fourth-order valence-electron chi connectivity index (χ4n) is 3.40. The first-order chi connectivity index (χ1) is 13.9. The zero-order chi connectivity index (χ0) is 20.4. The normalized spacial score (nSPS) is 17.3. The van der Waals surface area contributed by atoms with Crippen molar-refractivity contribution in [3.8, 4) is 0 Å². The summed E-state index contributed by atoms with van der Waals surface area (Å²) in [6.07, 6.45) is 6.78. The molecule has 0 saturated carbocycles. The summed E-state index contributed by atoms with van der Waals surface area (Å²) in [5.74, 6) is -0.306. The van der Waals surface area contributed by atoms with E-state index in [1.165, 1.54) is 12.3 Å². The van der Waals surface area contributed by atoms with Crippen LogP contribution < -0.4 is 9.62 Å². The van der Waals surface area contributed by atoms with E-state index >= 15 is 0 Å². The quantitative estimate of drug-likeness (QED) is 0.662. The van der Waals surface area contributed by atoms with Gasteiger partial charge in [0.25, 0.3) is 10.0 Å². The van der Waals surface area contributed by atoms with Crippen molar-refractivity contribution in [3.63, 3.8) is 0 Å². The van der Waals surface area contributed by atoms with Gasteiger partial charge in [-0.2, -0.15) is 0 Å². The number of hydrogen-bond donors (Lipinski definition) is 2. The van der Waals surface area contributed by atoms with Crippen molar-refractivity contribution in [3.05, 3.63) is 66.4 Å². The van der Waals surface area contributed by atoms with E-state index in [2.05, 4.69) is 24.6 Å². The first kappa shape index (κ1) is 19.3. The standard InChI is InChI=1S/C19H19F2N5O2S/c20-16-5-3-14(10-17(16)21)25-29(27,28)15-4-6-18(24-11-15)26-9-1-2-13(12-26)19-22-7-8-23-19/h3-8,10-11,13,25H,1-2,9,12H2,(H,22,23). The van der Waals surface area contributed by atoms with Gasteiger partial charge in [-0.25, -0.2) is 27.2 Å². The first-order valence-corrected chi connectivity index (χ1v) is 10.6. The van der Waals surface area contributed by atoms with Gasteiger partial charge >= 0.3 is 0 Å². The highest BCUT2D eigenvalue weighted by Crippen LogP contribution is 2.28. The minimum absolute atomic E-state index is 0.0643. The van der Waals surface area contributed by atoms with Crippen LogP contribution in [0.15, 0.2) is 53.8 Å². The van der Waals surface area contributed by atoms with Crippen molar-refractivity contribution in [2.24, 2.45) is 0 Å². The second kappa shape index (κ2) is 7.78. The maximum Gasteiger partial charge on any atom is 0.263 e. The number of anilines is 2. The molecule has 10 heteroatoms. The van der Waals surface area contributed by atoms with Crippen molar-refractivity contribution < 1.29 is 17.2 Å². The van der Waals surface area contributed by atoms with Gasteiger partial charge in [0.15, 0.2) is 11.6 Å². The van der Waals surface area contributed by atoms with Crippen LogP contribution in [-0.2, 0) is 10.0 Å². The van der Waals surface area contributed by atoms with E-state index in [4.69, 9.17) is 0 Å². The van der Waals surface area contributed by atoms with E-state index in [1.54, 1.807) is 18.5 Å². The van der Waals surface area contributed by atoms with Crippen molar-refractivity contribution in [1.29, 1.82) is 0 Å². The smallest absolute Gasteiger partial charge is 0.263 e. The maximum atomic E-state index is 13.3. The fraction of sp³-hybridized carbons (Fsp3) is 0.263. The zero-order valence-corrected chi connectivity index (χ0v) is 16.2. The number of piperidine rings is 1. The van der Waals surface area contributed by atoms with Crippen LogP contribution in [0.2, 0.25) is 0 Å². The highest BCUT2D eigenvalue weighted by Gasteiger charge is 2.24. The Hall–Kier alpha value is -3.01. The summed E-state index contributed by atoms with van der Waals surface area (Å²) in [5.41, 5.74) is -0.0645. The van der Waals surface area contributed by atoms with Gasteiger partial charge in [-0.05, 0) is 37.1 Å². The van der Waals surface area contributed by atoms with Gasteiger partial charge in [0.2, 0.25) is 0 Å². The number of aromatic amines is 1. The molecule has 0 radical (unpaired) electrons. The summed E-state index contributed by atoms with van der Waals surface area (Å²) in [5, 5.41) is 0. The molecule has 0 bridgehead atoms. The monoisotopic (exact) mass is 419 g/mol. The molecule has 3 aromatic rings. The van der Waals surface area contributed by atoms with Gasteiger partial charge in [0.05, 0.1) is 5.69 Å². The van der Waals surface area contributed by atoms with Crippen molar-refractivity contribution >= 4 is 21.5 Å². The molecule has 2 aromatic heterocycles. The lowest BCUT2D eigenvalue weighted by molar-refractivity contribution is 0.491. The molecule has 0 spiro atoms. The van der Waals surface area contributed by atoms with Crippen LogP contribution in [-0.4, -0.2) is 36.5 Å². The molecule has 1 unspecified atom stereocenters. The van der Waals surface area contributed by atoms with E-state index in [9.17, 15) is 17.2 Å². The first-order valence-electron chi connectivity index (χ1n) is 9.10. The van der Waals surface area contributed by atoms with E-state index in [1.807, 2.05) is 0 Å². The molecular weight excluding hydrogens is 400 g/mol. The molecule has 1 aliphatic heterocycles. The number of H-pyrrole nitrogens is 1. The second-order valence-electron chi connectivity index (χ2n) is 6.85. The van der Waals surface area contributed by atoms with Crippen molar-refractivity contribution in [1.82, 2.24) is 15.0 Å². The molecule has 0 aliphatic carbocycles.